The predicted molar refractivity (Wildman–Crippen MR) is 105 cm³/mol. The number of nitrogens with zero attached hydrogens (tertiary/aromatic N) is 1. The summed E-state index contributed by atoms with van der Waals surface area (Å²) in [5, 5.41) is 3.12. The van der Waals surface area contributed by atoms with E-state index in [9.17, 15) is 14.4 Å². The van der Waals surface area contributed by atoms with Crippen molar-refractivity contribution in [1.82, 2.24) is 0 Å². The molecule has 0 aliphatic carbocycles. The summed E-state index contributed by atoms with van der Waals surface area (Å²) in [6, 6.07) is 17.8. The maximum atomic E-state index is 12.2. The van der Waals surface area contributed by atoms with Gasteiger partial charge in [0.2, 0.25) is 5.91 Å². The average Bonchev–Trinajstić information content (AvgIpc) is 3.02. The lowest BCUT2D eigenvalue weighted by atomic mass is 10.2. The Kier molecular flexibility index (Phi) is 4.60. The number of rotatable bonds is 4. The van der Waals surface area contributed by atoms with Crippen LogP contribution in [0.5, 0.6) is 0 Å². The van der Waals surface area contributed by atoms with Gasteiger partial charge in [-0.1, -0.05) is 48.2 Å². The molecule has 3 aromatic rings. The number of anilines is 1. The van der Waals surface area contributed by atoms with Gasteiger partial charge >= 0.3 is 5.63 Å². The minimum atomic E-state index is -0.658. The number of hydrogen-bond acceptors (Lipinski definition) is 5. The number of aliphatic imine (C=N–C) groups is 1. The molecule has 27 heavy (non-hydrogen) atoms. The Morgan fingerprint density at radius 1 is 1.07 bits per heavy atom. The van der Waals surface area contributed by atoms with E-state index in [-0.39, 0.29) is 22.9 Å². The third-order valence-electron chi connectivity index (χ3n) is 4.04. The highest BCUT2D eigenvalue weighted by Gasteiger charge is 2.32. The summed E-state index contributed by atoms with van der Waals surface area (Å²) in [5.41, 5.74) is 0.814. The smallest absolute Gasteiger partial charge is 0.346 e. The predicted octanol–water partition coefficient (Wildman–Crippen LogP) is 3.21. The molecule has 0 fully saturated rings. The number of carbonyl (C=O) groups excluding carboxylic acids is 2. The maximum absolute atomic E-state index is 12.2. The van der Waals surface area contributed by atoms with Crippen LogP contribution in [0.2, 0.25) is 0 Å². The molecule has 0 spiro atoms. The first-order valence-electron chi connectivity index (χ1n) is 8.27. The molecule has 1 N–H and O–H groups in total. The largest absolute Gasteiger partial charge is 0.422 e. The Morgan fingerprint density at radius 2 is 1.81 bits per heavy atom. The number of para-hydroxylation sites is 2. The topological polar surface area (TPSA) is 88.7 Å². The fourth-order valence-corrected chi connectivity index (χ4v) is 3.82. The Bertz CT molecular complexity index is 1120. The third-order valence-corrected chi connectivity index (χ3v) is 5.23. The van der Waals surface area contributed by atoms with Gasteiger partial charge in [0.25, 0.3) is 5.91 Å². The molecule has 0 saturated heterocycles. The first kappa shape index (κ1) is 17.2. The van der Waals surface area contributed by atoms with Gasteiger partial charge < -0.3 is 9.73 Å². The van der Waals surface area contributed by atoms with Gasteiger partial charge in [-0.3, -0.25) is 9.59 Å². The lowest BCUT2D eigenvalue weighted by molar-refractivity contribution is -0.121. The molecule has 1 aromatic heterocycles. The number of thioether (sulfide) groups is 1. The minimum Gasteiger partial charge on any atom is -0.422 e. The number of fused-ring (bicyclic) bond motifs is 1. The first-order valence-corrected chi connectivity index (χ1v) is 9.15. The number of nitrogens with one attached hydrogen (secondary N) is 1. The molecule has 2 amide bonds. The lowest BCUT2D eigenvalue weighted by Gasteiger charge is -2.08. The fraction of sp³-hybridized carbons (Fsp3) is 0.100. The van der Waals surface area contributed by atoms with Crippen LogP contribution < -0.4 is 10.9 Å². The fourth-order valence-electron chi connectivity index (χ4n) is 2.75. The minimum absolute atomic E-state index is 0.0235. The normalized spacial score (nSPS) is 16.4. The summed E-state index contributed by atoms with van der Waals surface area (Å²) in [4.78, 5) is 40.6. The van der Waals surface area contributed by atoms with Gasteiger partial charge in [-0.2, -0.15) is 0 Å². The van der Waals surface area contributed by atoms with Crippen molar-refractivity contribution in [3.05, 3.63) is 76.6 Å². The van der Waals surface area contributed by atoms with Crippen LogP contribution in [0.1, 0.15) is 12.0 Å². The van der Waals surface area contributed by atoms with Crippen LogP contribution in [0, 0.1) is 0 Å². The standard InChI is InChI=1S/C20H14N2O4S/c23-17(21-13-7-2-1-3-8-13)11-16-18(24)22-19(27-16)14-10-12-6-4-5-9-15(12)26-20(14)25/h1-10,16H,11H2,(H,21,23). The van der Waals surface area contributed by atoms with E-state index in [1.165, 1.54) is 0 Å². The zero-order chi connectivity index (χ0) is 18.8. The van der Waals surface area contributed by atoms with Crippen LogP contribution in [0.4, 0.5) is 5.69 Å². The van der Waals surface area contributed by atoms with Crippen LogP contribution in [-0.2, 0) is 9.59 Å². The first-order chi connectivity index (χ1) is 13.1. The van der Waals surface area contributed by atoms with E-state index < -0.39 is 16.8 Å². The molecule has 0 radical (unpaired) electrons. The van der Waals surface area contributed by atoms with E-state index in [0.717, 1.165) is 17.1 Å². The van der Waals surface area contributed by atoms with E-state index in [1.807, 2.05) is 30.3 Å². The SMILES string of the molecule is O=C(CC1SC(c2cc3ccccc3oc2=O)=NC1=O)Nc1ccccc1. The summed E-state index contributed by atoms with van der Waals surface area (Å²) >= 11 is 1.11. The van der Waals surface area contributed by atoms with Gasteiger partial charge in [-0.25, -0.2) is 9.79 Å². The molecular weight excluding hydrogens is 364 g/mol. The van der Waals surface area contributed by atoms with Crippen LogP contribution in [0.3, 0.4) is 0 Å². The molecule has 1 atom stereocenters. The van der Waals surface area contributed by atoms with Gasteiger partial charge in [-0.05, 0) is 24.3 Å². The number of hydrogen-bond donors (Lipinski definition) is 1. The lowest BCUT2D eigenvalue weighted by Crippen LogP contribution is -2.21. The van der Waals surface area contributed by atoms with E-state index >= 15 is 0 Å². The van der Waals surface area contributed by atoms with Gasteiger partial charge in [0.15, 0.2) is 0 Å². The van der Waals surface area contributed by atoms with Crippen LogP contribution in [-0.4, -0.2) is 22.1 Å². The van der Waals surface area contributed by atoms with Gasteiger partial charge in [0.1, 0.15) is 15.9 Å². The summed E-state index contributed by atoms with van der Waals surface area (Å²) in [7, 11) is 0. The van der Waals surface area contributed by atoms with E-state index in [0.29, 0.717) is 11.3 Å². The molecule has 2 heterocycles. The van der Waals surface area contributed by atoms with Crippen molar-refractivity contribution < 1.29 is 14.0 Å². The van der Waals surface area contributed by atoms with Crippen molar-refractivity contribution in [2.75, 3.05) is 5.32 Å². The Labute approximate surface area is 158 Å². The highest BCUT2D eigenvalue weighted by atomic mass is 32.2. The summed E-state index contributed by atoms with van der Waals surface area (Å²) in [5.74, 6) is -0.709. The van der Waals surface area contributed by atoms with Crippen LogP contribution in [0.15, 0.2) is 74.9 Å². The van der Waals surface area contributed by atoms with Crippen molar-refractivity contribution in [3.63, 3.8) is 0 Å². The van der Waals surface area contributed by atoms with Gasteiger partial charge in [0.05, 0.1) is 5.56 Å². The molecular formula is C20H14N2O4S. The van der Waals surface area contributed by atoms with Crippen molar-refractivity contribution >= 4 is 45.3 Å². The number of carbonyl (C=O) groups is 2. The number of benzene rings is 2. The van der Waals surface area contributed by atoms with Crippen molar-refractivity contribution in [2.45, 2.75) is 11.7 Å². The highest BCUT2D eigenvalue weighted by Crippen LogP contribution is 2.29. The van der Waals surface area contributed by atoms with Crippen molar-refractivity contribution in [2.24, 2.45) is 4.99 Å². The molecule has 0 saturated carbocycles. The summed E-state index contributed by atoms with van der Waals surface area (Å²) < 4.78 is 5.30. The summed E-state index contributed by atoms with van der Waals surface area (Å²) in [6.45, 7) is 0. The molecule has 1 aliphatic rings. The van der Waals surface area contributed by atoms with E-state index in [1.54, 1.807) is 30.3 Å². The Balaban J connectivity index is 1.50. The third kappa shape index (κ3) is 3.68. The van der Waals surface area contributed by atoms with E-state index in [2.05, 4.69) is 10.3 Å². The second kappa shape index (κ2) is 7.20. The van der Waals surface area contributed by atoms with Gasteiger partial charge in [-0.15, -0.1) is 0 Å². The zero-order valence-electron chi connectivity index (χ0n) is 14.0. The highest BCUT2D eigenvalue weighted by molar-refractivity contribution is 8.16. The van der Waals surface area contributed by atoms with E-state index in [4.69, 9.17) is 4.42 Å². The quantitative estimate of drug-likeness (QED) is 0.704. The summed E-state index contributed by atoms with van der Waals surface area (Å²) in [6.07, 6.45) is -0.0235. The molecule has 4 rings (SSSR count). The van der Waals surface area contributed by atoms with Crippen molar-refractivity contribution in [1.29, 1.82) is 0 Å². The monoisotopic (exact) mass is 378 g/mol. The Hall–Kier alpha value is -3.19. The van der Waals surface area contributed by atoms with Gasteiger partial charge in [0, 0.05) is 17.5 Å². The van der Waals surface area contributed by atoms with Crippen LogP contribution >= 0.6 is 11.8 Å². The average molecular weight is 378 g/mol. The Morgan fingerprint density at radius 3 is 2.63 bits per heavy atom. The molecule has 0 bridgehead atoms. The number of amides is 2. The second-order valence-electron chi connectivity index (χ2n) is 5.97. The molecule has 6 nitrogen and oxygen atoms in total. The second-order valence-corrected chi connectivity index (χ2v) is 7.16. The molecule has 7 heteroatoms. The molecule has 2 aromatic carbocycles. The zero-order valence-corrected chi connectivity index (χ0v) is 14.9. The van der Waals surface area contributed by atoms with Crippen LogP contribution in [0.25, 0.3) is 11.0 Å². The molecule has 134 valence electrons. The molecule has 1 aliphatic heterocycles. The van der Waals surface area contributed by atoms with Crippen molar-refractivity contribution in [3.8, 4) is 0 Å². The molecule has 1 unspecified atom stereocenters. The maximum Gasteiger partial charge on any atom is 0.346 e.